The molecule has 1 aromatic heterocycles. The van der Waals surface area contributed by atoms with Crippen LogP contribution in [0.4, 0.5) is 0 Å². The number of rotatable bonds is 2. The number of methoxy groups -OCH3 is 1. The van der Waals surface area contributed by atoms with Crippen molar-refractivity contribution in [2.24, 2.45) is 0 Å². The molecular weight excluding hydrogens is 266 g/mol. The SMILES string of the molecule is COc1ccc2c(=O)n(C3CCCN3)c(Cl)nc2c1. The summed E-state index contributed by atoms with van der Waals surface area (Å²) in [5, 5.41) is 4.02. The molecule has 1 N–H and O–H groups in total. The predicted octanol–water partition coefficient (Wildman–Crippen LogP) is 1.94. The quantitative estimate of drug-likeness (QED) is 0.854. The van der Waals surface area contributed by atoms with E-state index in [1.54, 1.807) is 25.3 Å². The predicted molar refractivity (Wildman–Crippen MR) is 73.8 cm³/mol. The van der Waals surface area contributed by atoms with Crippen LogP contribution in [0, 0.1) is 0 Å². The van der Waals surface area contributed by atoms with Gasteiger partial charge in [0.05, 0.1) is 24.2 Å². The van der Waals surface area contributed by atoms with E-state index in [2.05, 4.69) is 10.3 Å². The maximum absolute atomic E-state index is 12.5. The van der Waals surface area contributed by atoms with Gasteiger partial charge in [0.2, 0.25) is 5.28 Å². The minimum absolute atomic E-state index is 0.0565. The Labute approximate surface area is 115 Å². The first-order valence-corrected chi connectivity index (χ1v) is 6.57. The van der Waals surface area contributed by atoms with Crippen molar-refractivity contribution in [1.82, 2.24) is 14.9 Å². The second-order valence-electron chi connectivity index (χ2n) is 4.55. The summed E-state index contributed by atoms with van der Waals surface area (Å²) in [7, 11) is 1.58. The zero-order valence-corrected chi connectivity index (χ0v) is 11.3. The van der Waals surface area contributed by atoms with Crippen LogP contribution in [0.1, 0.15) is 19.0 Å². The maximum atomic E-state index is 12.5. The number of hydrogen-bond donors (Lipinski definition) is 1. The molecule has 0 spiro atoms. The summed E-state index contributed by atoms with van der Waals surface area (Å²) in [5.41, 5.74) is 0.445. The Balaban J connectivity index is 2.22. The molecule has 0 saturated carbocycles. The van der Waals surface area contributed by atoms with Gasteiger partial charge in [-0.15, -0.1) is 0 Å². The van der Waals surface area contributed by atoms with Gasteiger partial charge in [-0.05, 0) is 43.1 Å². The Bertz CT molecular complexity index is 677. The smallest absolute Gasteiger partial charge is 0.263 e. The van der Waals surface area contributed by atoms with Crippen LogP contribution < -0.4 is 15.6 Å². The molecular formula is C13H14ClN3O2. The van der Waals surface area contributed by atoms with Crippen LogP contribution >= 0.6 is 11.6 Å². The first kappa shape index (κ1) is 12.4. The topological polar surface area (TPSA) is 56.1 Å². The monoisotopic (exact) mass is 279 g/mol. The fourth-order valence-corrected chi connectivity index (χ4v) is 2.72. The number of halogens is 1. The van der Waals surface area contributed by atoms with Crippen LogP contribution in [0.25, 0.3) is 10.9 Å². The van der Waals surface area contributed by atoms with Crippen molar-refractivity contribution in [3.05, 3.63) is 33.8 Å². The molecule has 0 aliphatic carbocycles. The Morgan fingerprint density at radius 1 is 1.53 bits per heavy atom. The maximum Gasteiger partial charge on any atom is 0.263 e. The van der Waals surface area contributed by atoms with Crippen LogP contribution in [-0.4, -0.2) is 23.2 Å². The molecule has 2 aromatic rings. The van der Waals surface area contributed by atoms with Gasteiger partial charge < -0.3 is 4.74 Å². The van der Waals surface area contributed by atoms with Crippen molar-refractivity contribution < 1.29 is 4.74 Å². The molecule has 5 nitrogen and oxygen atoms in total. The Morgan fingerprint density at radius 2 is 2.37 bits per heavy atom. The molecule has 1 fully saturated rings. The van der Waals surface area contributed by atoms with Gasteiger partial charge >= 0.3 is 0 Å². The van der Waals surface area contributed by atoms with E-state index in [0.717, 1.165) is 19.4 Å². The number of nitrogens with one attached hydrogen (secondary N) is 1. The molecule has 1 atom stereocenters. The second-order valence-corrected chi connectivity index (χ2v) is 4.89. The summed E-state index contributed by atoms with van der Waals surface area (Å²) < 4.78 is 6.66. The molecule has 0 amide bonds. The molecule has 0 radical (unpaired) electrons. The van der Waals surface area contributed by atoms with Crippen molar-refractivity contribution >= 4 is 22.5 Å². The van der Waals surface area contributed by atoms with E-state index in [-0.39, 0.29) is 17.0 Å². The van der Waals surface area contributed by atoms with Crippen LogP contribution in [0.15, 0.2) is 23.0 Å². The van der Waals surface area contributed by atoms with Crippen molar-refractivity contribution in [1.29, 1.82) is 0 Å². The highest BCUT2D eigenvalue weighted by molar-refractivity contribution is 6.28. The van der Waals surface area contributed by atoms with Crippen molar-refractivity contribution in [3.8, 4) is 5.75 Å². The minimum atomic E-state index is -0.114. The molecule has 1 unspecified atom stereocenters. The largest absolute Gasteiger partial charge is 0.497 e. The molecule has 1 aliphatic heterocycles. The first-order chi connectivity index (χ1) is 9.20. The lowest BCUT2D eigenvalue weighted by Crippen LogP contribution is -2.31. The lowest BCUT2D eigenvalue weighted by atomic mass is 10.2. The van der Waals surface area contributed by atoms with Crippen LogP contribution in [-0.2, 0) is 0 Å². The fraction of sp³-hybridized carbons (Fsp3) is 0.385. The van der Waals surface area contributed by atoms with E-state index in [1.807, 2.05) is 0 Å². The molecule has 19 heavy (non-hydrogen) atoms. The normalized spacial score (nSPS) is 18.9. The molecule has 1 aromatic carbocycles. The van der Waals surface area contributed by atoms with Crippen LogP contribution in [0.2, 0.25) is 5.28 Å². The summed E-state index contributed by atoms with van der Waals surface area (Å²) in [6.07, 6.45) is 1.87. The van der Waals surface area contributed by atoms with E-state index < -0.39 is 0 Å². The van der Waals surface area contributed by atoms with E-state index in [9.17, 15) is 4.79 Å². The Hall–Kier alpha value is -1.59. The summed E-state index contributed by atoms with van der Waals surface area (Å²) in [4.78, 5) is 16.8. The fourth-order valence-electron chi connectivity index (χ4n) is 2.44. The average molecular weight is 280 g/mol. The van der Waals surface area contributed by atoms with Gasteiger partial charge in [0.25, 0.3) is 5.56 Å². The second kappa shape index (κ2) is 4.83. The highest BCUT2D eigenvalue weighted by Crippen LogP contribution is 2.22. The van der Waals surface area contributed by atoms with E-state index in [4.69, 9.17) is 16.3 Å². The number of nitrogens with zero attached hydrogens (tertiary/aromatic N) is 2. The zero-order valence-electron chi connectivity index (χ0n) is 10.5. The van der Waals surface area contributed by atoms with Crippen molar-refractivity contribution in [2.75, 3.05) is 13.7 Å². The third kappa shape index (κ3) is 2.09. The number of ether oxygens (including phenoxy) is 1. The van der Waals surface area contributed by atoms with Crippen molar-refractivity contribution in [3.63, 3.8) is 0 Å². The molecule has 1 saturated heterocycles. The molecule has 1 aliphatic rings. The highest BCUT2D eigenvalue weighted by atomic mass is 35.5. The third-order valence-electron chi connectivity index (χ3n) is 3.41. The average Bonchev–Trinajstić information content (AvgIpc) is 2.91. The van der Waals surface area contributed by atoms with Gasteiger partial charge in [-0.2, -0.15) is 0 Å². The minimum Gasteiger partial charge on any atom is -0.497 e. The number of aromatic nitrogens is 2. The summed E-state index contributed by atoms with van der Waals surface area (Å²) in [5.74, 6) is 0.659. The van der Waals surface area contributed by atoms with Crippen LogP contribution in [0.5, 0.6) is 5.75 Å². The number of hydrogen-bond acceptors (Lipinski definition) is 4. The molecule has 3 rings (SSSR count). The number of benzene rings is 1. The lowest BCUT2D eigenvalue weighted by Gasteiger charge is -2.16. The Kier molecular flexibility index (Phi) is 3.16. The van der Waals surface area contributed by atoms with Gasteiger partial charge in [0.1, 0.15) is 5.75 Å². The standard InChI is InChI=1S/C13H14ClN3O2/c1-19-8-4-5-9-10(7-8)16-13(14)17(12(9)18)11-3-2-6-15-11/h4-5,7,11,15H,2-3,6H2,1H3. The molecule has 0 bridgehead atoms. The van der Waals surface area contributed by atoms with E-state index in [0.29, 0.717) is 16.7 Å². The zero-order chi connectivity index (χ0) is 13.4. The molecule has 100 valence electrons. The first-order valence-electron chi connectivity index (χ1n) is 6.20. The summed E-state index contributed by atoms with van der Waals surface area (Å²) in [6.45, 7) is 0.897. The Morgan fingerprint density at radius 3 is 3.05 bits per heavy atom. The summed E-state index contributed by atoms with van der Waals surface area (Å²) in [6, 6.07) is 5.20. The van der Waals surface area contributed by atoms with Gasteiger partial charge in [0, 0.05) is 6.07 Å². The summed E-state index contributed by atoms with van der Waals surface area (Å²) >= 11 is 6.16. The van der Waals surface area contributed by atoms with Crippen molar-refractivity contribution in [2.45, 2.75) is 19.0 Å². The van der Waals surface area contributed by atoms with E-state index >= 15 is 0 Å². The number of fused-ring (bicyclic) bond motifs is 1. The van der Waals surface area contributed by atoms with Gasteiger partial charge in [-0.1, -0.05) is 0 Å². The van der Waals surface area contributed by atoms with E-state index in [1.165, 1.54) is 4.57 Å². The third-order valence-corrected chi connectivity index (χ3v) is 3.68. The molecule has 6 heteroatoms. The van der Waals surface area contributed by atoms with Gasteiger partial charge in [-0.3, -0.25) is 14.7 Å². The van der Waals surface area contributed by atoms with Crippen LogP contribution in [0.3, 0.4) is 0 Å². The van der Waals surface area contributed by atoms with Gasteiger partial charge in [0.15, 0.2) is 0 Å². The highest BCUT2D eigenvalue weighted by Gasteiger charge is 2.21. The van der Waals surface area contributed by atoms with Gasteiger partial charge in [-0.25, -0.2) is 4.98 Å². The lowest BCUT2D eigenvalue weighted by molar-refractivity contribution is 0.415. The molecule has 2 heterocycles.